The number of alkyl halides is 3. The van der Waals surface area contributed by atoms with E-state index in [2.05, 4.69) is 15.7 Å². The SMILES string of the molecule is Cc1c(NC(=O)c2cc3n(n2)[C@H](C(F)(F)F)C[C@H](c2cccs2)N3)c(=O)n(-c2ccccc2)n1C. The van der Waals surface area contributed by atoms with Crippen LogP contribution in [0.25, 0.3) is 5.69 Å². The molecule has 0 fully saturated rings. The zero-order valence-electron chi connectivity index (χ0n) is 18.7. The lowest BCUT2D eigenvalue weighted by Crippen LogP contribution is -2.35. The molecule has 182 valence electrons. The maximum Gasteiger partial charge on any atom is 0.410 e. The van der Waals surface area contributed by atoms with Gasteiger partial charge in [0.2, 0.25) is 0 Å². The maximum absolute atomic E-state index is 13.9. The van der Waals surface area contributed by atoms with Crippen molar-refractivity contribution in [3.8, 4) is 5.69 Å². The topological polar surface area (TPSA) is 85.9 Å². The van der Waals surface area contributed by atoms with Gasteiger partial charge in [0.15, 0.2) is 11.7 Å². The van der Waals surface area contributed by atoms with Gasteiger partial charge in [-0.15, -0.1) is 11.3 Å². The van der Waals surface area contributed by atoms with E-state index in [9.17, 15) is 22.8 Å². The number of amides is 1. The Kier molecular flexibility index (Phi) is 5.55. The minimum absolute atomic E-state index is 0.0316. The summed E-state index contributed by atoms with van der Waals surface area (Å²) in [6.07, 6.45) is -4.80. The molecule has 1 aliphatic rings. The fourth-order valence-corrected chi connectivity index (χ4v) is 5.04. The first-order valence-corrected chi connectivity index (χ1v) is 11.6. The Labute approximate surface area is 201 Å². The number of carbonyl (C=O) groups excluding carboxylic acids is 1. The molecule has 2 atom stereocenters. The van der Waals surface area contributed by atoms with Crippen LogP contribution in [0.5, 0.6) is 0 Å². The van der Waals surface area contributed by atoms with Gasteiger partial charge in [-0.25, -0.2) is 9.36 Å². The molecule has 1 aromatic carbocycles. The molecule has 0 unspecified atom stereocenters. The zero-order valence-corrected chi connectivity index (χ0v) is 19.5. The van der Waals surface area contributed by atoms with Crippen LogP contribution < -0.4 is 16.2 Å². The second kappa shape index (κ2) is 8.45. The molecule has 0 radical (unpaired) electrons. The highest BCUT2D eigenvalue weighted by Crippen LogP contribution is 2.44. The van der Waals surface area contributed by atoms with Crippen molar-refractivity contribution in [2.75, 3.05) is 10.6 Å². The van der Waals surface area contributed by atoms with Crippen molar-refractivity contribution in [3.05, 3.63) is 80.5 Å². The molecule has 0 bridgehead atoms. The number of carbonyl (C=O) groups is 1. The number of aromatic nitrogens is 4. The van der Waals surface area contributed by atoms with E-state index in [-0.39, 0.29) is 23.6 Å². The summed E-state index contributed by atoms with van der Waals surface area (Å²) < 4.78 is 45.4. The summed E-state index contributed by atoms with van der Waals surface area (Å²) in [5, 5.41) is 11.4. The summed E-state index contributed by atoms with van der Waals surface area (Å²) >= 11 is 1.36. The molecule has 0 aliphatic carbocycles. The molecular weight excluding hydrogens is 481 g/mol. The minimum Gasteiger partial charge on any atom is -0.363 e. The van der Waals surface area contributed by atoms with E-state index in [0.29, 0.717) is 11.4 Å². The van der Waals surface area contributed by atoms with Gasteiger partial charge in [-0.3, -0.25) is 14.3 Å². The van der Waals surface area contributed by atoms with Crippen molar-refractivity contribution in [1.82, 2.24) is 19.1 Å². The predicted molar refractivity (Wildman–Crippen MR) is 126 cm³/mol. The van der Waals surface area contributed by atoms with Crippen molar-refractivity contribution in [1.29, 1.82) is 0 Å². The highest BCUT2D eigenvalue weighted by Gasteiger charge is 2.47. The third-order valence-electron chi connectivity index (χ3n) is 6.10. The van der Waals surface area contributed by atoms with Crippen LogP contribution in [0.15, 0.2) is 58.7 Å². The van der Waals surface area contributed by atoms with Crippen LogP contribution in [-0.4, -0.2) is 31.2 Å². The minimum atomic E-state index is -4.55. The molecule has 0 saturated carbocycles. The molecule has 35 heavy (non-hydrogen) atoms. The van der Waals surface area contributed by atoms with E-state index >= 15 is 0 Å². The summed E-state index contributed by atoms with van der Waals surface area (Å²) in [6, 6.07) is 11.3. The lowest BCUT2D eigenvalue weighted by molar-refractivity contribution is -0.173. The molecular formula is C23H21F3N6O2S. The van der Waals surface area contributed by atoms with Crippen LogP contribution in [0, 0.1) is 6.92 Å². The number of hydrogen-bond donors (Lipinski definition) is 2. The Morgan fingerprint density at radius 3 is 2.60 bits per heavy atom. The highest BCUT2D eigenvalue weighted by molar-refractivity contribution is 7.10. The summed E-state index contributed by atoms with van der Waals surface area (Å²) in [5.41, 5.74) is 0.447. The highest BCUT2D eigenvalue weighted by atomic mass is 32.1. The van der Waals surface area contributed by atoms with Gasteiger partial charge in [0.1, 0.15) is 11.5 Å². The van der Waals surface area contributed by atoms with Gasteiger partial charge in [-0.2, -0.15) is 18.3 Å². The van der Waals surface area contributed by atoms with Gasteiger partial charge < -0.3 is 10.6 Å². The van der Waals surface area contributed by atoms with Crippen LogP contribution in [0.1, 0.15) is 39.6 Å². The number of halogens is 3. The standard InChI is InChI=1S/C23H21F3N6O2S/c1-13-20(22(34)32(30(13)2)14-7-4-3-5-8-14)28-21(33)16-12-19-27-15(17-9-6-10-35-17)11-18(23(24,25)26)31(19)29-16/h3-10,12,15,18,27H,11H2,1-2H3,(H,28,33)/t15-,18+/m1/s1. The molecule has 12 heteroatoms. The van der Waals surface area contributed by atoms with E-state index in [1.165, 1.54) is 22.1 Å². The molecule has 5 rings (SSSR count). The Balaban J connectivity index is 1.47. The third kappa shape index (κ3) is 4.03. The van der Waals surface area contributed by atoms with Crippen molar-refractivity contribution < 1.29 is 18.0 Å². The summed E-state index contributed by atoms with van der Waals surface area (Å²) in [4.78, 5) is 26.8. The lowest BCUT2D eigenvalue weighted by Gasteiger charge is -2.32. The number of rotatable bonds is 4. The van der Waals surface area contributed by atoms with Gasteiger partial charge in [0.25, 0.3) is 11.5 Å². The number of para-hydroxylation sites is 1. The van der Waals surface area contributed by atoms with Crippen molar-refractivity contribution in [3.63, 3.8) is 0 Å². The molecule has 4 heterocycles. The van der Waals surface area contributed by atoms with Crippen LogP contribution in [0.2, 0.25) is 0 Å². The smallest absolute Gasteiger partial charge is 0.363 e. The molecule has 1 aliphatic heterocycles. The van der Waals surface area contributed by atoms with Gasteiger partial charge in [0.05, 0.1) is 17.4 Å². The van der Waals surface area contributed by atoms with E-state index in [4.69, 9.17) is 0 Å². The first-order valence-electron chi connectivity index (χ1n) is 10.8. The predicted octanol–water partition coefficient (Wildman–Crippen LogP) is 4.66. The molecule has 0 saturated heterocycles. The molecule has 8 nitrogen and oxygen atoms in total. The monoisotopic (exact) mass is 502 g/mol. The molecule has 2 N–H and O–H groups in total. The molecule has 0 spiro atoms. The van der Waals surface area contributed by atoms with Gasteiger partial charge in [-0.1, -0.05) is 24.3 Å². The largest absolute Gasteiger partial charge is 0.410 e. The zero-order chi connectivity index (χ0) is 24.9. The van der Waals surface area contributed by atoms with Gasteiger partial charge in [-0.05, 0) is 30.5 Å². The quantitative estimate of drug-likeness (QED) is 0.425. The number of fused-ring (bicyclic) bond motifs is 1. The van der Waals surface area contributed by atoms with E-state index in [1.54, 1.807) is 60.4 Å². The summed E-state index contributed by atoms with van der Waals surface area (Å²) in [6.45, 7) is 1.67. The third-order valence-corrected chi connectivity index (χ3v) is 7.09. The number of nitrogens with one attached hydrogen (secondary N) is 2. The first kappa shape index (κ1) is 23.0. The van der Waals surface area contributed by atoms with Gasteiger partial charge in [0, 0.05) is 24.4 Å². The average molecular weight is 503 g/mol. The summed E-state index contributed by atoms with van der Waals surface area (Å²) in [7, 11) is 1.68. The Hall–Kier alpha value is -3.80. The fourth-order valence-electron chi connectivity index (χ4n) is 4.25. The van der Waals surface area contributed by atoms with Crippen molar-refractivity contribution >= 4 is 28.7 Å². The Morgan fingerprint density at radius 1 is 1.20 bits per heavy atom. The van der Waals surface area contributed by atoms with Crippen LogP contribution >= 0.6 is 11.3 Å². The van der Waals surface area contributed by atoms with Crippen LogP contribution in [0.4, 0.5) is 24.7 Å². The molecule has 4 aromatic rings. The number of thiophene rings is 1. The Bertz CT molecular complexity index is 1440. The number of hydrogen-bond acceptors (Lipinski definition) is 5. The van der Waals surface area contributed by atoms with E-state index in [1.807, 2.05) is 6.07 Å². The first-order chi connectivity index (χ1) is 16.6. The summed E-state index contributed by atoms with van der Waals surface area (Å²) in [5.74, 6) is -0.679. The second-order valence-electron chi connectivity index (χ2n) is 8.26. The number of anilines is 2. The number of benzene rings is 1. The fraction of sp³-hybridized carbons (Fsp3) is 0.261. The second-order valence-corrected chi connectivity index (χ2v) is 9.23. The van der Waals surface area contributed by atoms with Crippen LogP contribution in [-0.2, 0) is 7.05 Å². The molecule has 3 aromatic heterocycles. The van der Waals surface area contributed by atoms with Crippen molar-refractivity contribution in [2.45, 2.75) is 31.6 Å². The van der Waals surface area contributed by atoms with E-state index < -0.39 is 29.7 Å². The Morgan fingerprint density at radius 2 is 1.94 bits per heavy atom. The average Bonchev–Trinajstić information content (AvgIpc) is 3.55. The lowest BCUT2D eigenvalue weighted by atomic mass is 10.0. The normalized spacial score (nSPS) is 17.6. The number of nitrogens with zero attached hydrogens (tertiary/aromatic N) is 4. The molecule has 1 amide bonds. The van der Waals surface area contributed by atoms with Crippen LogP contribution in [0.3, 0.4) is 0 Å². The maximum atomic E-state index is 13.9. The van der Waals surface area contributed by atoms with E-state index in [0.717, 1.165) is 9.56 Å². The van der Waals surface area contributed by atoms with Gasteiger partial charge >= 0.3 is 6.18 Å². The van der Waals surface area contributed by atoms with Crippen molar-refractivity contribution in [2.24, 2.45) is 7.05 Å².